The molecular weight excluding hydrogens is 252 g/mol. The highest BCUT2D eigenvalue weighted by atomic mass is 16.5. The van der Waals surface area contributed by atoms with Gasteiger partial charge in [-0.2, -0.15) is 0 Å². The van der Waals surface area contributed by atoms with Crippen LogP contribution in [0.3, 0.4) is 0 Å². The third-order valence-corrected chi connectivity index (χ3v) is 5.23. The first-order valence-corrected chi connectivity index (χ1v) is 8.26. The fourth-order valence-electron chi connectivity index (χ4n) is 3.85. The summed E-state index contributed by atoms with van der Waals surface area (Å²) in [6, 6.07) is 0.954. The Balaban J connectivity index is 1.97. The quantitative estimate of drug-likeness (QED) is 0.842. The Labute approximate surface area is 123 Å². The smallest absolute Gasteiger partial charge is 0.407 e. The minimum absolute atomic E-state index is 0.246. The lowest BCUT2D eigenvalue weighted by Crippen LogP contribution is -2.55. The van der Waals surface area contributed by atoms with Gasteiger partial charge in [-0.25, -0.2) is 4.79 Å². The van der Waals surface area contributed by atoms with Crippen molar-refractivity contribution in [1.29, 1.82) is 0 Å². The molecule has 3 atom stereocenters. The van der Waals surface area contributed by atoms with E-state index in [1.807, 2.05) is 0 Å². The third-order valence-electron chi connectivity index (χ3n) is 5.23. The summed E-state index contributed by atoms with van der Waals surface area (Å²) >= 11 is 0. The number of alkyl carbamates (subject to hydrolysis) is 1. The zero-order valence-corrected chi connectivity index (χ0v) is 13.2. The minimum atomic E-state index is -0.289. The molecule has 0 bridgehead atoms. The highest BCUT2D eigenvalue weighted by Crippen LogP contribution is 2.35. The molecule has 4 heteroatoms. The van der Waals surface area contributed by atoms with Crippen LogP contribution < -0.4 is 5.32 Å². The molecule has 1 aliphatic heterocycles. The van der Waals surface area contributed by atoms with E-state index in [9.17, 15) is 4.79 Å². The first kappa shape index (κ1) is 15.6. The second kappa shape index (κ2) is 7.30. The first-order chi connectivity index (χ1) is 9.67. The lowest BCUT2D eigenvalue weighted by Gasteiger charge is -2.46. The van der Waals surface area contributed by atoms with Gasteiger partial charge in [0.25, 0.3) is 0 Å². The molecule has 1 heterocycles. The van der Waals surface area contributed by atoms with Gasteiger partial charge >= 0.3 is 6.09 Å². The van der Waals surface area contributed by atoms with Crippen LogP contribution in [0.15, 0.2) is 0 Å². The van der Waals surface area contributed by atoms with Crippen LogP contribution in [0.25, 0.3) is 0 Å². The van der Waals surface area contributed by atoms with Gasteiger partial charge in [0.1, 0.15) is 0 Å². The molecular formula is C16H30N2O2. The zero-order valence-electron chi connectivity index (χ0n) is 13.2. The molecule has 3 unspecified atom stereocenters. The van der Waals surface area contributed by atoms with Crippen LogP contribution in [0.1, 0.15) is 52.4 Å². The van der Waals surface area contributed by atoms with Gasteiger partial charge in [0.05, 0.1) is 7.11 Å². The van der Waals surface area contributed by atoms with Crippen molar-refractivity contribution in [2.24, 2.45) is 11.8 Å². The summed E-state index contributed by atoms with van der Waals surface area (Å²) < 4.78 is 4.76. The van der Waals surface area contributed by atoms with Gasteiger partial charge in [-0.05, 0) is 37.5 Å². The summed E-state index contributed by atoms with van der Waals surface area (Å²) in [7, 11) is 1.44. The van der Waals surface area contributed by atoms with Crippen LogP contribution in [0.2, 0.25) is 0 Å². The van der Waals surface area contributed by atoms with E-state index >= 15 is 0 Å². The third kappa shape index (κ3) is 3.66. The lowest BCUT2D eigenvalue weighted by molar-refractivity contribution is 0.0388. The summed E-state index contributed by atoms with van der Waals surface area (Å²) in [6.45, 7) is 6.75. The normalized spacial score (nSPS) is 29.6. The highest BCUT2D eigenvalue weighted by molar-refractivity contribution is 5.67. The molecule has 2 fully saturated rings. The average Bonchev–Trinajstić information content (AvgIpc) is 2.41. The van der Waals surface area contributed by atoms with Crippen molar-refractivity contribution in [3.8, 4) is 0 Å². The van der Waals surface area contributed by atoms with Gasteiger partial charge in [0.2, 0.25) is 0 Å². The molecule has 0 spiro atoms. The molecule has 1 saturated carbocycles. The van der Waals surface area contributed by atoms with E-state index in [1.165, 1.54) is 45.8 Å². The topological polar surface area (TPSA) is 41.6 Å². The number of piperidine rings is 1. The van der Waals surface area contributed by atoms with Crippen molar-refractivity contribution >= 4 is 6.09 Å². The standard InChI is InChI=1S/C16H30N2O2/c1-4-12-9-14(17-16(19)20-3)11-18(10-12)15(5-2)13-7-6-8-13/h12-15H,4-11H2,1-3H3,(H,17,19). The van der Waals surface area contributed by atoms with Crippen LogP contribution in [0.4, 0.5) is 4.79 Å². The fraction of sp³-hybridized carbons (Fsp3) is 0.938. The molecule has 0 aromatic heterocycles. The van der Waals surface area contributed by atoms with E-state index in [4.69, 9.17) is 4.74 Å². The van der Waals surface area contributed by atoms with E-state index < -0.39 is 0 Å². The summed E-state index contributed by atoms with van der Waals surface area (Å²) in [5.41, 5.74) is 0. The van der Waals surface area contributed by atoms with Crippen molar-refractivity contribution in [1.82, 2.24) is 10.2 Å². The number of carbonyl (C=O) groups is 1. The minimum Gasteiger partial charge on any atom is -0.453 e. The van der Waals surface area contributed by atoms with E-state index in [2.05, 4.69) is 24.1 Å². The summed E-state index contributed by atoms with van der Waals surface area (Å²) in [5, 5.41) is 3.01. The van der Waals surface area contributed by atoms with Crippen LogP contribution in [-0.4, -0.2) is 43.3 Å². The Morgan fingerprint density at radius 1 is 1.35 bits per heavy atom. The number of nitrogens with one attached hydrogen (secondary N) is 1. The van der Waals surface area contributed by atoms with E-state index in [-0.39, 0.29) is 12.1 Å². The van der Waals surface area contributed by atoms with Crippen LogP contribution in [0, 0.1) is 11.8 Å². The van der Waals surface area contributed by atoms with Crippen molar-refractivity contribution in [3.05, 3.63) is 0 Å². The number of hydrogen-bond donors (Lipinski definition) is 1. The van der Waals surface area contributed by atoms with Crippen molar-refractivity contribution in [3.63, 3.8) is 0 Å². The number of ether oxygens (including phenoxy) is 1. The van der Waals surface area contributed by atoms with Crippen LogP contribution in [0.5, 0.6) is 0 Å². The van der Waals surface area contributed by atoms with Crippen molar-refractivity contribution in [2.75, 3.05) is 20.2 Å². The molecule has 0 aromatic carbocycles. The number of nitrogens with zero attached hydrogens (tertiary/aromatic N) is 1. The fourth-order valence-corrected chi connectivity index (χ4v) is 3.85. The van der Waals surface area contributed by atoms with Gasteiger partial charge in [0, 0.05) is 25.2 Å². The molecule has 1 saturated heterocycles. The molecule has 2 rings (SSSR count). The molecule has 0 radical (unpaired) electrons. The number of likely N-dealkylation sites (tertiary alicyclic amines) is 1. The lowest BCUT2D eigenvalue weighted by atomic mass is 9.77. The highest BCUT2D eigenvalue weighted by Gasteiger charge is 2.36. The van der Waals surface area contributed by atoms with Gasteiger partial charge in [-0.15, -0.1) is 0 Å². The molecule has 1 amide bonds. The Hall–Kier alpha value is -0.770. The molecule has 4 nitrogen and oxygen atoms in total. The first-order valence-electron chi connectivity index (χ1n) is 8.26. The van der Waals surface area contributed by atoms with E-state index in [0.29, 0.717) is 12.0 Å². The van der Waals surface area contributed by atoms with Gasteiger partial charge in [-0.3, -0.25) is 4.90 Å². The van der Waals surface area contributed by atoms with Crippen LogP contribution in [-0.2, 0) is 4.74 Å². The van der Waals surface area contributed by atoms with Crippen molar-refractivity contribution in [2.45, 2.75) is 64.5 Å². The number of amides is 1. The van der Waals surface area contributed by atoms with Gasteiger partial charge < -0.3 is 10.1 Å². The Morgan fingerprint density at radius 2 is 2.10 bits per heavy atom. The van der Waals surface area contributed by atoms with Gasteiger partial charge in [0.15, 0.2) is 0 Å². The summed E-state index contributed by atoms with van der Waals surface area (Å²) in [5.74, 6) is 1.58. The maximum atomic E-state index is 11.5. The van der Waals surface area contributed by atoms with Gasteiger partial charge in [-0.1, -0.05) is 26.7 Å². The zero-order chi connectivity index (χ0) is 14.5. The Morgan fingerprint density at radius 3 is 2.60 bits per heavy atom. The van der Waals surface area contributed by atoms with Crippen LogP contribution >= 0.6 is 0 Å². The molecule has 20 heavy (non-hydrogen) atoms. The second-order valence-corrected chi connectivity index (χ2v) is 6.46. The maximum absolute atomic E-state index is 11.5. The number of rotatable bonds is 5. The molecule has 1 N–H and O–H groups in total. The Bertz CT molecular complexity index is 318. The predicted octanol–water partition coefficient (Wildman–Crippen LogP) is 3.02. The predicted molar refractivity (Wildman–Crippen MR) is 80.7 cm³/mol. The average molecular weight is 282 g/mol. The molecule has 2 aliphatic rings. The molecule has 1 aliphatic carbocycles. The van der Waals surface area contributed by atoms with E-state index in [0.717, 1.165) is 18.9 Å². The monoisotopic (exact) mass is 282 g/mol. The number of methoxy groups -OCH3 is 1. The summed E-state index contributed by atoms with van der Waals surface area (Å²) in [6.07, 6.45) is 7.40. The van der Waals surface area contributed by atoms with E-state index in [1.54, 1.807) is 0 Å². The molecule has 0 aromatic rings. The largest absolute Gasteiger partial charge is 0.453 e. The number of carbonyl (C=O) groups excluding carboxylic acids is 1. The molecule has 116 valence electrons. The SMILES string of the molecule is CCC1CC(NC(=O)OC)CN(C(CC)C2CCC2)C1. The Kier molecular flexibility index (Phi) is 5.70. The maximum Gasteiger partial charge on any atom is 0.407 e. The second-order valence-electron chi connectivity index (χ2n) is 6.46. The number of hydrogen-bond acceptors (Lipinski definition) is 3. The van der Waals surface area contributed by atoms with Crippen molar-refractivity contribution < 1.29 is 9.53 Å². The summed E-state index contributed by atoms with van der Waals surface area (Å²) in [4.78, 5) is 14.1.